The average molecular weight is 402 g/mol. The molecule has 3 heterocycles. The van der Waals surface area contributed by atoms with Crippen molar-refractivity contribution in [1.29, 1.82) is 0 Å². The van der Waals surface area contributed by atoms with Crippen molar-refractivity contribution in [2.24, 2.45) is 0 Å². The molecule has 148 valence electrons. The normalized spacial score (nSPS) is 17.4. The summed E-state index contributed by atoms with van der Waals surface area (Å²) in [7, 11) is -3.50. The van der Waals surface area contributed by atoms with Crippen molar-refractivity contribution in [3.8, 4) is 0 Å². The number of rotatable bonds is 4. The molecule has 0 atom stereocenters. The van der Waals surface area contributed by atoms with Crippen LogP contribution in [0.3, 0.4) is 0 Å². The van der Waals surface area contributed by atoms with Gasteiger partial charge in [0.1, 0.15) is 0 Å². The van der Waals surface area contributed by atoms with Crippen molar-refractivity contribution >= 4 is 16.1 Å². The van der Waals surface area contributed by atoms with Gasteiger partial charge in [-0.1, -0.05) is 12.1 Å². The monoisotopic (exact) mass is 402 g/mol. The molecule has 1 N–H and O–H groups in total. The van der Waals surface area contributed by atoms with E-state index in [2.05, 4.69) is 10.3 Å². The summed E-state index contributed by atoms with van der Waals surface area (Å²) in [5.41, 5.74) is 3.02. The number of ether oxygens (including phenoxy) is 1. The number of pyridine rings is 1. The first kappa shape index (κ1) is 18.9. The maximum Gasteiger partial charge on any atom is 0.318 e. The molecule has 0 bridgehead atoms. The Kier molecular flexibility index (Phi) is 5.29. The third-order valence-corrected chi connectivity index (χ3v) is 6.90. The summed E-state index contributed by atoms with van der Waals surface area (Å²) in [6, 6.07) is 8.41. The van der Waals surface area contributed by atoms with Crippen LogP contribution in [0.4, 0.5) is 4.79 Å². The summed E-state index contributed by atoms with van der Waals surface area (Å²) in [6.45, 7) is 3.02. The van der Waals surface area contributed by atoms with Crippen molar-refractivity contribution < 1.29 is 17.9 Å². The minimum absolute atomic E-state index is 0.152. The predicted octanol–water partition coefficient (Wildman–Crippen LogP) is 1.33. The summed E-state index contributed by atoms with van der Waals surface area (Å²) in [4.78, 5) is 18.5. The zero-order valence-corrected chi connectivity index (χ0v) is 16.2. The van der Waals surface area contributed by atoms with Crippen LogP contribution >= 0.6 is 0 Å². The molecule has 1 fully saturated rings. The molecule has 2 aromatic rings. The fourth-order valence-corrected chi connectivity index (χ4v) is 4.78. The van der Waals surface area contributed by atoms with Crippen LogP contribution in [0.15, 0.2) is 47.6 Å². The molecule has 2 amide bonds. The van der Waals surface area contributed by atoms with E-state index in [0.29, 0.717) is 45.9 Å². The second kappa shape index (κ2) is 7.86. The first-order valence-electron chi connectivity index (χ1n) is 9.15. The number of morpholine rings is 1. The zero-order chi connectivity index (χ0) is 19.6. The second-order valence-electron chi connectivity index (χ2n) is 6.82. The molecule has 2 aliphatic rings. The SMILES string of the molecule is O=C(NCc1ccc(S(=O)(=O)N2CCOCC2)cc1)N1Cc2ccncc2C1. The maximum absolute atomic E-state index is 12.6. The highest BCUT2D eigenvalue weighted by Gasteiger charge is 2.26. The summed E-state index contributed by atoms with van der Waals surface area (Å²) < 4.78 is 31.9. The van der Waals surface area contributed by atoms with Crippen LogP contribution in [0.5, 0.6) is 0 Å². The van der Waals surface area contributed by atoms with Crippen LogP contribution < -0.4 is 5.32 Å². The third-order valence-electron chi connectivity index (χ3n) is 4.99. The van der Waals surface area contributed by atoms with Crippen molar-refractivity contribution in [1.82, 2.24) is 19.5 Å². The molecule has 1 aromatic carbocycles. The first-order valence-corrected chi connectivity index (χ1v) is 10.6. The lowest BCUT2D eigenvalue weighted by Gasteiger charge is -2.26. The highest BCUT2D eigenvalue weighted by Crippen LogP contribution is 2.21. The van der Waals surface area contributed by atoms with Gasteiger partial charge in [0.25, 0.3) is 0 Å². The van der Waals surface area contributed by atoms with Crippen LogP contribution in [0.25, 0.3) is 0 Å². The Morgan fingerprint density at radius 3 is 2.50 bits per heavy atom. The summed E-state index contributed by atoms with van der Waals surface area (Å²) in [5, 5.41) is 2.89. The lowest BCUT2D eigenvalue weighted by molar-refractivity contribution is 0.0730. The van der Waals surface area contributed by atoms with E-state index in [0.717, 1.165) is 16.7 Å². The molecule has 9 heteroatoms. The van der Waals surface area contributed by atoms with Gasteiger partial charge in [-0.15, -0.1) is 0 Å². The number of carbonyl (C=O) groups is 1. The van der Waals surface area contributed by atoms with Crippen molar-refractivity contribution in [2.75, 3.05) is 26.3 Å². The van der Waals surface area contributed by atoms with Gasteiger partial charge in [0.2, 0.25) is 10.0 Å². The predicted molar refractivity (Wildman–Crippen MR) is 102 cm³/mol. The fourth-order valence-electron chi connectivity index (χ4n) is 3.37. The number of hydrogen-bond donors (Lipinski definition) is 1. The zero-order valence-electron chi connectivity index (χ0n) is 15.4. The van der Waals surface area contributed by atoms with E-state index in [9.17, 15) is 13.2 Å². The highest BCUT2D eigenvalue weighted by atomic mass is 32.2. The Morgan fingerprint density at radius 1 is 1.07 bits per heavy atom. The van der Waals surface area contributed by atoms with Crippen LogP contribution in [0.1, 0.15) is 16.7 Å². The molecule has 28 heavy (non-hydrogen) atoms. The smallest absolute Gasteiger partial charge is 0.318 e. The molecule has 0 spiro atoms. The molecular weight excluding hydrogens is 380 g/mol. The Bertz CT molecular complexity index is 931. The van der Waals surface area contributed by atoms with Crippen molar-refractivity contribution in [3.05, 3.63) is 59.4 Å². The summed E-state index contributed by atoms with van der Waals surface area (Å²) in [6.07, 6.45) is 3.52. The molecule has 1 aromatic heterocycles. The number of fused-ring (bicyclic) bond motifs is 1. The van der Waals surface area contributed by atoms with Crippen LogP contribution in [-0.4, -0.2) is 54.9 Å². The molecule has 0 unspecified atom stereocenters. The van der Waals surface area contributed by atoms with Gasteiger partial charge in [-0.3, -0.25) is 4.98 Å². The molecule has 4 rings (SSSR count). The number of nitrogens with one attached hydrogen (secondary N) is 1. The molecule has 0 saturated carbocycles. The van der Waals surface area contributed by atoms with Gasteiger partial charge in [-0.05, 0) is 34.9 Å². The summed E-state index contributed by atoms with van der Waals surface area (Å²) in [5.74, 6) is 0. The lowest BCUT2D eigenvalue weighted by Crippen LogP contribution is -2.40. The summed E-state index contributed by atoms with van der Waals surface area (Å²) >= 11 is 0. The first-order chi connectivity index (χ1) is 13.5. The minimum atomic E-state index is -3.50. The Labute approximate surface area is 164 Å². The fraction of sp³-hybridized carbons (Fsp3) is 0.368. The number of benzene rings is 1. The van der Waals surface area contributed by atoms with Gasteiger partial charge < -0.3 is 15.0 Å². The molecule has 1 saturated heterocycles. The van der Waals surface area contributed by atoms with Gasteiger partial charge in [0.15, 0.2) is 0 Å². The van der Waals surface area contributed by atoms with Gasteiger partial charge in [-0.2, -0.15) is 4.31 Å². The van der Waals surface area contributed by atoms with Crippen LogP contribution in [-0.2, 0) is 34.4 Å². The Balaban J connectivity index is 1.34. The van der Waals surface area contributed by atoms with E-state index in [1.165, 1.54) is 4.31 Å². The Morgan fingerprint density at radius 2 is 1.79 bits per heavy atom. The molecule has 8 nitrogen and oxygen atoms in total. The van der Waals surface area contributed by atoms with Gasteiger partial charge >= 0.3 is 6.03 Å². The largest absolute Gasteiger partial charge is 0.379 e. The number of nitrogens with zero attached hydrogens (tertiary/aromatic N) is 3. The maximum atomic E-state index is 12.6. The molecule has 0 radical (unpaired) electrons. The number of aromatic nitrogens is 1. The van der Waals surface area contributed by atoms with E-state index >= 15 is 0 Å². The van der Waals surface area contributed by atoms with Crippen molar-refractivity contribution in [2.45, 2.75) is 24.5 Å². The van der Waals surface area contributed by atoms with Gasteiger partial charge in [0.05, 0.1) is 18.1 Å². The van der Waals surface area contributed by atoms with E-state index in [1.807, 2.05) is 6.07 Å². The van der Waals surface area contributed by atoms with E-state index in [4.69, 9.17) is 4.74 Å². The number of hydrogen-bond acceptors (Lipinski definition) is 5. The average Bonchev–Trinajstić information content (AvgIpc) is 3.17. The third kappa shape index (κ3) is 3.87. The molecular formula is C19H22N4O4S. The van der Waals surface area contributed by atoms with Crippen molar-refractivity contribution in [3.63, 3.8) is 0 Å². The number of urea groups is 1. The number of amides is 2. The lowest BCUT2D eigenvalue weighted by atomic mass is 10.2. The number of carbonyl (C=O) groups excluding carboxylic acids is 1. The number of sulfonamides is 1. The highest BCUT2D eigenvalue weighted by molar-refractivity contribution is 7.89. The van der Waals surface area contributed by atoms with E-state index in [1.54, 1.807) is 41.6 Å². The van der Waals surface area contributed by atoms with Gasteiger partial charge in [0, 0.05) is 45.1 Å². The minimum Gasteiger partial charge on any atom is -0.379 e. The van der Waals surface area contributed by atoms with E-state index < -0.39 is 10.0 Å². The van der Waals surface area contributed by atoms with Crippen LogP contribution in [0, 0.1) is 0 Å². The molecule has 0 aliphatic carbocycles. The second-order valence-corrected chi connectivity index (χ2v) is 8.76. The topological polar surface area (TPSA) is 91.8 Å². The quantitative estimate of drug-likeness (QED) is 0.833. The van der Waals surface area contributed by atoms with E-state index in [-0.39, 0.29) is 10.9 Å². The Hall–Kier alpha value is -2.49. The van der Waals surface area contributed by atoms with Gasteiger partial charge in [-0.25, -0.2) is 13.2 Å². The standard InChI is InChI=1S/C19H22N4O4S/c24-19(22-13-16-5-6-20-12-17(16)14-22)21-11-15-1-3-18(4-2-15)28(25,26)23-7-9-27-10-8-23/h1-6,12H,7-11,13-14H2,(H,21,24). The molecule has 2 aliphatic heterocycles. The van der Waals surface area contributed by atoms with Crippen LogP contribution in [0.2, 0.25) is 0 Å².